The lowest BCUT2D eigenvalue weighted by Crippen LogP contribution is -2.44. The number of nitrogens with zero attached hydrogens (tertiary/aromatic N) is 1. The van der Waals surface area contributed by atoms with Crippen LogP contribution in [0.3, 0.4) is 0 Å². The Morgan fingerprint density at radius 1 is 1.23 bits per heavy atom. The van der Waals surface area contributed by atoms with Gasteiger partial charge in [-0.05, 0) is 56.5 Å². The lowest BCUT2D eigenvalue weighted by molar-refractivity contribution is -0.127. The van der Waals surface area contributed by atoms with E-state index in [1.165, 1.54) is 5.56 Å². The van der Waals surface area contributed by atoms with Crippen LogP contribution in [0.4, 0.5) is 0 Å². The summed E-state index contributed by atoms with van der Waals surface area (Å²) in [6.45, 7) is 9.26. The molecule has 0 aliphatic carbocycles. The minimum absolute atomic E-state index is 0.169. The van der Waals surface area contributed by atoms with Crippen LogP contribution in [0.25, 0.3) is 0 Å². The molecular weight excluding hydrogens is 296 g/mol. The molecule has 1 atom stereocenters. The Bertz CT molecular complexity index is 478. The molecule has 2 rings (SSSR count). The fraction of sp³-hybridized carbons (Fsp3) is 0.611. The molecule has 1 heterocycles. The van der Waals surface area contributed by atoms with E-state index in [9.17, 15) is 4.79 Å². The molecule has 0 radical (unpaired) electrons. The quantitative estimate of drug-likeness (QED) is 0.896. The maximum absolute atomic E-state index is 12.3. The van der Waals surface area contributed by atoms with Crippen LogP contribution < -0.4 is 5.32 Å². The molecule has 1 aromatic carbocycles. The van der Waals surface area contributed by atoms with Gasteiger partial charge >= 0.3 is 0 Å². The van der Waals surface area contributed by atoms with Crippen molar-refractivity contribution in [2.24, 2.45) is 11.8 Å². The average Bonchev–Trinajstić information content (AvgIpc) is 2.50. The van der Waals surface area contributed by atoms with Gasteiger partial charge in [-0.2, -0.15) is 0 Å². The predicted molar refractivity (Wildman–Crippen MR) is 91.9 cm³/mol. The number of piperidine rings is 1. The molecule has 0 saturated carbocycles. The fourth-order valence-electron chi connectivity index (χ4n) is 2.71. The van der Waals surface area contributed by atoms with Gasteiger partial charge in [-0.1, -0.05) is 37.6 Å². The third-order valence-electron chi connectivity index (χ3n) is 4.65. The summed E-state index contributed by atoms with van der Waals surface area (Å²) >= 11 is 5.91. The molecule has 0 aromatic heterocycles. The molecule has 1 aliphatic heterocycles. The Labute approximate surface area is 139 Å². The Morgan fingerprint density at radius 2 is 1.82 bits per heavy atom. The van der Waals surface area contributed by atoms with E-state index in [1.54, 1.807) is 0 Å². The zero-order valence-electron chi connectivity index (χ0n) is 13.8. The normalized spacial score (nSPS) is 18.4. The van der Waals surface area contributed by atoms with Crippen molar-refractivity contribution in [3.05, 3.63) is 34.9 Å². The SMILES string of the molecule is CC(C)[C@H](C)NC(=O)C1CCN(Cc2ccc(Cl)cc2)CC1. The van der Waals surface area contributed by atoms with E-state index in [0.29, 0.717) is 5.92 Å². The van der Waals surface area contributed by atoms with Gasteiger partial charge in [0.25, 0.3) is 0 Å². The summed E-state index contributed by atoms with van der Waals surface area (Å²) in [6, 6.07) is 8.27. The van der Waals surface area contributed by atoms with Gasteiger partial charge in [0.15, 0.2) is 0 Å². The first kappa shape index (κ1) is 17.3. The van der Waals surface area contributed by atoms with Crippen LogP contribution >= 0.6 is 11.6 Å². The third kappa shape index (κ3) is 4.99. The Kier molecular flexibility index (Phi) is 6.27. The molecule has 1 fully saturated rings. The van der Waals surface area contributed by atoms with E-state index < -0.39 is 0 Å². The minimum Gasteiger partial charge on any atom is -0.353 e. The van der Waals surface area contributed by atoms with Crippen molar-refractivity contribution in [2.75, 3.05) is 13.1 Å². The number of halogens is 1. The molecule has 1 amide bonds. The molecule has 1 aromatic rings. The number of carbonyl (C=O) groups is 1. The van der Waals surface area contributed by atoms with Gasteiger partial charge < -0.3 is 5.32 Å². The first-order valence-corrected chi connectivity index (χ1v) is 8.60. The molecule has 3 nitrogen and oxygen atoms in total. The van der Waals surface area contributed by atoms with Gasteiger partial charge in [0.2, 0.25) is 5.91 Å². The smallest absolute Gasteiger partial charge is 0.223 e. The Morgan fingerprint density at radius 3 is 2.36 bits per heavy atom. The predicted octanol–water partition coefficient (Wildman–Crippen LogP) is 3.71. The van der Waals surface area contributed by atoms with Crippen molar-refractivity contribution in [2.45, 2.75) is 46.2 Å². The lowest BCUT2D eigenvalue weighted by Gasteiger charge is -2.32. The monoisotopic (exact) mass is 322 g/mol. The van der Waals surface area contributed by atoms with Crippen LogP contribution in [0.1, 0.15) is 39.2 Å². The van der Waals surface area contributed by atoms with Crippen molar-refractivity contribution in [3.8, 4) is 0 Å². The van der Waals surface area contributed by atoms with Crippen LogP contribution in [0.5, 0.6) is 0 Å². The maximum atomic E-state index is 12.3. The zero-order chi connectivity index (χ0) is 16.1. The van der Waals surface area contributed by atoms with Gasteiger partial charge in [-0.15, -0.1) is 0 Å². The molecule has 0 bridgehead atoms. The number of likely N-dealkylation sites (tertiary alicyclic amines) is 1. The molecule has 4 heteroatoms. The molecule has 1 N–H and O–H groups in total. The lowest BCUT2D eigenvalue weighted by atomic mass is 9.94. The van der Waals surface area contributed by atoms with Gasteiger partial charge in [-0.25, -0.2) is 0 Å². The molecular formula is C18H27ClN2O. The van der Waals surface area contributed by atoms with Crippen molar-refractivity contribution in [1.82, 2.24) is 10.2 Å². The summed E-state index contributed by atoms with van der Waals surface area (Å²) in [6.07, 6.45) is 1.90. The van der Waals surface area contributed by atoms with E-state index in [0.717, 1.165) is 37.5 Å². The highest BCUT2D eigenvalue weighted by molar-refractivity contribution is 6.30. The summed E-state index contributed by atoms with van der Waals surface area (Å²) < 4.78 is 0. The van der Waals surface area contributed by atoms with Crippen molar-refractivity contribution >= 4 is 17.5 Å². The van der Waals surface area contributed by atoms with Gasteiger partial charge in [0.05, 0.1) is 0 Å². The number of benzene rings is 1. The highest BCUT2D eigenvalue weighted by atomic mass is 35.5. The largest absolute Gasteiger partial charge is 0.353 e. The summed E-state index contributed by atoms with van der Waals surface area (Å²) in [5, 5.41) is 3.92. The maximum Gasteiger partial charge on any atom is 0.223 e. The highest BCUT2D eigenvalue weighted by Crippen LogP contribution is 2.20. The third-order valence-corrected chi connectivity index (χ3v) is 4.90. The number of amides is 1. The molecule has 0 unspecified atom stereocenters. The van der Waals surface area contributed by atoms with Gasteiger partial charge in [0, 0.05) is 23.5 Å². The van der Waals surface area contributed by atoms with E-state index in [1.807, 2.05) is 12.1 Å². The van der Waals surface area contributed by atoms with E-state index in [2.05, 4.69) is 43.1 Å². The second-order valence-corrected chi connectivity index (χ2v) is 7.15. The summed E-state index contributed by atoms with van der Waals surface area (Å²) in [5.74, 6) is 0.879. The second-order valence-electron chi connectivity index (χ2n) is 6.72. The van der Waals surface area contributed by atoms with Gasteiger partial charge in [0.1, 0.15) is 0 Å². The summed E-state index contributed by atoms with van der Waals surface area (Å²) in [5.41, 5.74) is 1.28. The van der Waals surface area contributed by atoms with Crippen molar-refractivity contribution < 1.29 is 4.79 Å². The van der Waals surface area contributed by atoms with Crippen LogP contribution in [0, 0.1) is 11.8 Å². The first-order chi connectivity index (χ1) is 10.5. The van der Waals surface area contributed by atoms with E-state index >= 15 is 0 Å². The highest BCUT2D eigenvalue weighted by Gasteiger charge is 2.26. The molecule has 22 heavy (non-hydrogen) atoms. The first-order valence-electron chi connectivity index (χ1n) is 8.23. The topological polar surface area (TPSA) is 32.3 Å². The van der Waals surface area contributed by atoms with Crippen molar-refractivity contribution in [3.63, 3.8) is 0 Å². The number of hydrogen-bond donors (Lipinski definition) is 1. The van der Waals surface area contributed by atoms with Crippen LogP contribution in [-0.4, -0.2) is 29.9 Å². The standard InChI is InChI=1S/C18H27ClN2O/c1-13(2)14(3)20-18(22)16-8-10-21(11-9-16)12-15-4-6-17(19)7-5-15/h4-7,13-14,16H,8-12H2,1-3H3,(H,20,22)/t14-/m0/s1. The fourth-order valence-corrected chi connectivity index (χ4v) is 2.84. The number of hydrogen-bond acceptors (Lipinski definition) is 2. The van der Waals surface area contributed by atoms with Crippen LogP contribution in [0.2, 0.25) is 5.02 Å². The molecule has 1 aliphatic rings. The summed E-state index contributed by atoms with van der Waals surface area (Å²) in [7, 11) is 0. The molecule has 1 saturated heterocycles. The number of rotatable bonds is 5. The van der Waals surface area contributed by atoms with Crippen LogP contribution in [0.15, 0.2) is 24.3 Å². The Hall–Kier alpha value is -1.06. The zero-order valence-corrected chi connectivity index (χ0v) is 14.6. The van der Waals surface area contributed by atoms with E-state index in [-0.39, 0.29) is 17.9 Å². The number of nitrogens with one attached hydrogen (secondary N) is 1. The molecule has 0 spiro atoms. The average molecular weight is 323 g/mol. The van der Waals surface area contributed by atoms with Crippen molar-refractivity contribution in [1.29, 1.82) is 0 Å². The minimum atomic E-state index is 0.169. The summed E-state index contributed by atoms with van der Waals surface area (Å²) in [4.78, 5) is 14.7. The second kappa shape index (κ2) is 7.98. The van der Waals surface area contributed by atoms with E-state index in [4.69, 9.17) is 11.6 Å². The Balaban J connectivity index is 1.77. The van der Waals surface area contributed by atoms with Crippen LogP contribution in [-0.2, 0) is 11.3 Å². The van der Waals surface area contributed by atoms with Gasteiger partial charge in [-0.3, -0.25) is 9.69 Å². The number of carbonyl (C=O) groups excluding carboxylic acids is 1. The molecule has 122 valence electrons.